The van der Waals surface area contributed by atoms with Gasteiger partial charge in [0.1, 0.15) is 23.3 Å². The molecule has 0 unspecified atom stereocenters. The summed E-state index contributed by atoms with van der Waals surface area (Å²) < 4.78 is 23.0. The fourth-order valence-electron chi connectivity index (χ4n) is 3.37. The van der Waals surface area contributed by atoms with E-state index in [9.17, 15) is 0 Å². The van der Waals surface area contributed by atoms with Gasteiger partial charge in [0.25, 0.3) is 0 Å². The molecule has 0 atom stereocenters. The van der Waals surface area contributed by atoms with Crippen LogP contribution in [0.4, 0.5) is 5.95 Å². The Bertz CT molecular complexity index is 1010. The molecule has 4 rings (SSSR count). The van der Waals surface area contributed by atoms with Gasteiger partial charge >= 0.3 is 0 Å². The monoisotopic (exact) mass is 441 g/mol. The highest BCUT2D eigenvalue weighted by molar-refractivity contribution is 6.29. The van der Waals surface area contributed by atoms with E-state index in [4.69, 9.17) is 30.5 Å². The fraction of sp³-hybridized carbons (Fsp3) is 0.304. The first-order valence-corrected chi connectivity index (χ1v) is 10.3. The molecule has 0 amide bonds. The Morgan fingerprint density at radius 2 is 1.87 bits per heavy atom. The van der Waals surface area contributed by atoms with Crippen molar-refractivity contribution in [2.45, 2.75) is 19.4 Å². The number of halogens is 1. The van der Waals surface area contributed by atoms with Crippen molar-refractivity contribution in [1.29, 1.82) is 0 Å². The van der Waals surface area contributed by atoms with Gasteiger partial charge in [0.05, 0.1) is 25.9 Å². The van der Waals surface area contributed by atoms with Crippen LogP contribution < -0.4 is 14.4 Å². The maximum atomic E-state index is 6.18. The van der Waals surface area contributed by atoms with E-state index < -0.39 is 6.29 Å². The van der Waals surface area contributed by atoms with E-state index in [1.165, 1.54) is 0 Å². The number of ether oxygens (including phenoxy) is 4. The molecule has 0 saturated carbocycles. The summed E-state index contributed by atoms with van der Waals surface area (Å²) in [6.45, 7) is 2.05. The van der Waals surface area contributed by atoms with Crippen LogP contribution in [0.15, 0.2) is 54.7 Å². The molecule has 1 fully saturated rings. The van der Waals surface area contributed by atoms with Gasteiger partial charge < -0.3 is 23.8 Å². The van der Waals surface area contributed by atoms with E-state index in [-0.39, 0.29) is 0 Å². The number of methoxy groups -OCH3 is 1. The predicted octanol–water partition coefficient (Wildman–Crippen LogP) is 4.40. The van der Waals surface area contributed by atoms with E-state index in [2.05, 4.69) is 9.97 Å². The zero-order valence-electron chi connectivity index (χ0n) is 17.5. The summed E-state index contributed by atoms with van der Waals surface area (Å²) in [4.78, 5) is 10.5. The highest BCUT2D eigenvalue weighted by Gasteiger charge is 2.26. The molecule has 1 aliphatic rings. The predicted molar refractivity (Wildman–Crippen MR) is 118 cm³/mol. The van der Waals surface area contributed by atoms with Crippen LogP contribution in [-0.2, 0) is 22.6 Å². The van der Waals surface area contributed by atoms with Gasteiger partial charge in [-0.1, -0.05) is 35.9 Å². The molecule has 2 aromatic carbocycles. The van der Waals surface area contributed by atoms with E-state index in [1.54, 1.807) is 19.4 Å². The average Bonchev–Trinajstić information content (AvgIpc) is 3.32. The van der Waals surface area contributed by atoms with Crippen LogP contribution in [-0.4, -0.2) is 37.3 Å². The molecule has 0 radical (unpaired) electrons. The minimum atomic E-state index is -0.476. The summed E-state index contributed by atoms with van der Waals surface area (Å²) in [5, 5.41) is 0.399. The van der Waals surface area contributed by atoms with Crippen molar-refractivity contribution in [3.8, 4) is 11.5 Å². The topological polar surface area (TPSA) is 65.9 Å². The third-order valence-electron chi connectivity index (χ3n) is 4.93. The molecule has 0 N–H and O–H groups in total. The van der Waals surface area contributed by atoms with Crippen molar-refractivity contribution in [3.63, 3.8) is 0 Å². The number of rotatable bonds is 8. The van der Waals surface area contributed by atoms with Crippen molar-refractivity contribution in [2.24, 2.45) is 0 Å². The first kappa shape index (κ1) is 21.4. The molecule has 8 heteroatoms. The van der Waals surface area contributed by atoms with Crippen LogP contribution in [0.1, 0.15) is 23.0 Å². The van der Waals surface area contributed by atoms with Crippen LogP contribution in [0.5, 0.6) is 11.5 Å². The first-order valence-electron chi connectivity index (χ1n) is 9.94. The van der Waals surface area contributed by atoms with E-state index in [0.717, 1.165) is 28.2 Å². The van der Waals surface area contributed by atoms with Crippen molar-refractivity contribution >= 4 is 17.5 Å². The lowest BCUT2D eigenvalue weighted by Gasteiger charge is -2.23. The maximum absolute atomic E-state index is 6.18. The van der Waals surface area contributed by atoms with Gasteiger partial charge in [0, 0.05) is 19.8 Å². The second-order valence-electron chi connectivity index (χ2n) is 7.07. The van der Waals surface area contributed by atoms with Gasteiger partial charge in [-0.3, -0.25) is 0 Å². The minimum Gasteiger partial charge on any atom is -0.497 e. The summed E-state index contributed by atoms with van der Waals surface area (Å²) in [7, 11) is 3.56. The number of nitrogens with zero attached hydrogens (tertiary/aromatic N) is 3. The lowest BCUT2D eigenvalue weighted by Crippen LogP contribution is -2.21. The summed E-state index contributed by atoms with van der Waals surface area (Å²) in [5.74, 6) is 2.07. The molecule has 162 valence electrons. The molecule has 1 aromatic heterocycles. The molecule has 0 aliphatic carbocycles. The fourth-order valence-corrected chi connectivity index (χ4v) is 3.50. The van der Waals surface area contributed by atoms with Crippen molar-refractivity contribution in [2.75, 3.05) is 32.3 Å². The normalized spacial score (nSPS) is 13.9. The zero-order valence-corrected chi connectivity index (χ0v) is 18.2. The van der Waals surface area contributed by atoms with Gasteiger partial charge in [-0.2, -0.15) is 0 Å². The Labute approximate surface area is 186 Å². The summed E-state index contributed by atoms with van der Waals surface area (Å²) in [6.07, 6.45) is 1.16. The number of hydrogen-bond donors (Lipinski definition) is 0. The van der Waals surface area contributed by atoms with Gasteiger partial charge in [-0.15, -0.1) is 0 Å². The number of hydrogen-bond acceptors (Lipinski definition) is 7. The quantitative estimate of drug-likeness (QED) is 0.480. The maximum Gasteiger partial charge on any atom is 0.226 e. The van der Waals surface area contributed by atoms with Crippen LogP contribution >= 0.6 is 11.6 Å². The standard InChI is InChI=1S/C23H24ClN3O4/c1-27(23-25-11-10-20(24)26-23)14-17-4-3-5-19(21(17)22-29-12-13-30-22)31-15-16-6-8-18(28-2)9-7-16/h3-11,22H,12-15H2,1-2H3. The molecular formula is C23H24ClN3O4. The average molecular weight is 442 g/mol. The van der Waals surface area contributed by atoms with Gasteiger partial charge in [0.15, 0.2) is 6.29 Å². The molecule has 0 bridgehead atoms. The number of anilines is 1. The third-order valence-corrected chi connectivity index (χ3v) is 5.14. The smallest absolute Gasteiger partial charge is 0.226 e. The third kappa shape index (κ3) is 5.25. The van der Waals surface area contributed by atoms with Crippen LogP contribution in [0.2, 0.25) is 5.15 Å². The van der Waals surface area contributed by atoms with Crippen LogP contribution in [0, 0.1) is 0 Å². The van der Waals surface area contributed by atoms with Crippen molar-refractivity contribution in [1.82, 2.24) is 9.97 Å². The molecule has 31 heavy (non-hydrogen) atoms. The lowest BCUT2D eigenvalue weighted by atomic mass is 10.0. The Balaban J connectivity index is 1.57. The Morgan fingerprint density at radius 1 is 1.10 bits per heavy atom. The first-order chi connectivity index (χ1) is 15.1. The largest absolute Gasteiger partial charge is 0.497 e. The summed E-state index contributed by atoms with van der Waals surface area (Å²) in [6, 6.07) is 15.4. The summed E-state index contributed by atoms with van der Waals surface area (Å²) in [5.41, 5.74) is 2.92. The van der Waals surface area contributed by atoms with Gasteiger partial charge in [-0.25, -0.2) is 9.97 Å². The van der Waals surface area contributed by atoms with E-state index in [1.807, 2.05) is 54.4 Å². The van der Waals surface area contributed by atoms with Crippen molar-refractivity contribution < 1.29 is 18.9 Å². The van der Waals surface area contributed by atoms with E-state index in [0.29, 0.717) is 37.5 Å². The minimum absolute atomic E-state index is 0.399. The molecular weight excluding hydrogens is 418 g/mol. The van der Waals surface area contributed by atoms with Crippen LogP contribution in [0.3, 0.4) is 0 Å². The lowest BCUT2D eigenvalue weighted by molar-refractivity contribution is -0.0464. The highest BCUT2D eigenvalue weighted by atomic mass is 35.5. The van der Waals surface area contributed by atoms with Gasteiger partial charge in [-0.05, 0) is 35.4 Å². The number of aromatic nitrogens is 2. The molecule has 1 saturated heterocycles. The van der Waals surface area contributed by atoms with Gasteiger partial charge in [0.2, 0.25) is 5.95 Å². The SMILES string of the molecule is COc1ccc(COc2cccc(CN(C)c3nccc(Cl)n3)c2C2OCCO2)cc1. The van der Waals surface area contributed by atoms with E-state index >= 15 is 0 Å². The zero-order chi connectivity index (χ0) is 21.6. The molecule has 2 heterocycles. The highest BCUT2D eigenvalue weighted by Crippen LogP contribution is 2.35. The summed E-state index contributed by atoms with van der Waals surface area (Å²) >= 11 is 6.02. The molecule has 1 aliphatic heterocycles. The van der Waals surface area contributed by atoms with Crippen LogP contribution in [0.25, 0.3) is 0 Å². The molecule has 3 aromatic rings. The van der Waals surface area contributed by atoms with Crippen molar-refractivity contribution in [3.05, 3.63) is 76.6 Å². The Kier molecular flexibility index (Phi) is 6.86. The molecule has 0 spiro atoms. The Hall–Kier alpha value is -2.87. The Morgan fingerprint density at radius 3 is 2.58 bits per heavy atom. The molecule has 7 nitrogen and oxygen atoms in total. The number of benzene rings is 2. The second kappa shape index (κ2) is 9.96. The second-order valence-corrected chi connectivity index (χ2v) is 7.46.